The number of thiocarbonyl (C=S) groups is 1. The highest BCUT2D eigenvalue weighted by Gasteiger charge is 2.32. The van der Waals surface area contributed by atoms with Gasteiger partial charge in [-0.3, -0.25) is 9.59 Å². The Morgan fingerprint density at radius 3 is 2.14 bits per heavy atom. The van der Waals surface area contributed by atoms with Gasteiger partial charge in [-0.1, -0.05) is 66.7 Å². The molecular weight excluding hydrogens is 492 g/mol. The smallest absolute Gasteiger partial charge is 0.341 e. The number of thiophene rings is 1. The monoisotopic (exact) mass is 512 g/mol. The molecule has 3 aromatic carbocycles. The Balaban J connectivity index is 1.49. The van der Waals surface area contributed by atoms with Gasteiger partial charge in [0.05, 0.1) is 18.4 Å². The number of carbonyl (C=O) groups is 3. The number of ether oxygens (including phenoxy) is 1. The molecule has 1 aromatic heterocycles. The van der Waals surface area contributed by atoms with E-state index in [0.717, 1.165) is 16.0 Å². The molecule has 0 bridgehead atoms. The number of aryl methyl sites for hydroxylation is 1. The van der Waals surface area contributed by atoms with Gasteiger partial charge in [0, 0.05) is 27.1 Å². The van der Waals surface area contributed by atoms with E-state index in [9.17, 15) is 14.4 Å². The molecule has 0 spiro atoms. The van der Waals surface area contributed by atoms with Crippen LogP contribution in [0.4, 0.5) is 10.7 Å². The first kappa shape index (κ1) is 23.6. The van der Waals surface area contributed by atoms with Crippen LogP contribution in [0.2, 0.25) is 0 Å². The fraction of sp³-hybridized carbons (Fsp3) is 0.0714. The van der Waals surface area contributed by atoms with E-state index in [-0.39, 0.29) is 22.2 Å². The molecule has 0 saturated heterocycles. The van der Waals surface area contributed by atoms with Crippen molar-refractivity contribution >= 4 is 56.9 Å². The van der Waals surface area contributed by atoms with Gasteiger partial charge >= 0.3 is 5.97 Å². The highest BCUT2D eigenvalue weighted by atomic mass is 32.1. The minimum atomic E-state index is -0.488. The number of benzene rings is 3. The van der Waals surface area contributed by atoms with Gasteiger partial charge in [0.1, 0.15) is 10.6 Å². The quantitative estimate of drug-likeness (QED) is 0.223. The van der Waals surface area contributed by atoms with Crippen LogP contribution in [-0.2, 0) is 4.74 Å². The lowest BCUT2D eigenvalue weighted by molar-refractivity contribution is 0.0603. The van der Waals surface area contributed by atoms with Gasteiger partial charge in [-0.25, -0.2) is 4.79 Å². The topological polar surface area (TPSA) is 84.5 Å². The third-order valence-corrected chi connectivity index (χ3v) is 7.19. The Hall–Kier alpha value is -4.14. The zero-order chi connectivity index (χ0) is 25.4. The van der Waals surface area contributed by atoms with Gasteiger partial charge in [-0.05, 0) is 30.8 Å². The summed E-state index contributed by atoms with van der Waals surface area (Å²) < 4.78 is 5.07. The standard InChI is InChI=1S/C28H20N2O4S2/c1-15-21(16-9-4-3-5-10-16)23(27(33)34-2)26(36-15)30-28(35)29-20-14-8-13-19-22(20)25(32)18-12-7-6-11-17(18)24(19)31/h3-14H,1-2H3,(H2,29,30,35). The van der Waals surface area contributed by atoms with Crippen molar-refractivity contribution in [2.45, 2.75) is 6.92 Å². The van der Waals surface area contributed by atoms with E-state index in [0.29, 0.717) is 32.9 Å². The number of hydrogen-bond donors (Lipinski definition) is 2. The van der Waals surface area contributed by atoms with Crippen LogP contribution in [0.3, 0.4) is 0 Å². The zero-order valence-corrected chi connectivity index (χ0v) is 21.0. The van der Waals surface area contributed by atoms with Crippen molar-refractivity contribution < 1.29 is 19.1 Å². The van der Waals surface area contributed by atoms with Gasteiger partial charge in [0.15, 0.2) is 16.7 Å². The van der Waals surface area contributed by atoms with E-state index in [2.05, 4.69) is 10.6 Å². The molecule has 0 radical (unpaired) electrons. The van der Waals surface area contributed by atoms with Crippen LogP contribution in [0.5, 0.6) is 0 Å². The minimum absolute atomic E-state index is 0.175. The molecule has 1 aliphatic rings. The molecule has 0 aliphatic heterocycles. The van der Waals surface area contributed by atoms with Crippen LogP contribution >= 0.6 is 23.6 Å². The first-order valence-corrected chi connectivity index (χ1v) is 12.3. The number of rotatable bonds is 4. The Bertz CT molecular complexity index is 1560. The van der Waals surface area contributed by atoms with E-state index in [1.807, 2.05) is 37.3 Å². The summed E-state index contributed by atoms with van der Waals surface area (Å²) in [7, 11) is 1.33. The number of fused-ring (bicyclic) bond motifs is 2. The summed E-state index contributed by atoms with van der Waals surface area (Å²) in [4.78, 5) is 40.0. The normalized spacial score (nSPS) is 11.9. The number of carbonyl (C=O) groups excluding carboxylic acids is 3. The predicted octanol–water partition coefficient (Wildman–Crippen LogP) is 6.09. The maximum Gasteiger partial charge on any atom is 0.341 e. The van der Waals surface area contributed by atoms with Crippen LogP contribution in [-0.4, -0.2) is 29.8 Å². The summed E-state index contributed by atoms with van der Waals surface area (Å²) in [6.45, 7) is 1.93. The average Bonchev–Trinajstić information content (AvgIpc) is 3.22. The van der Waals surface area contributed by atoms with E-state index < -0.39 is 5.97 Å². The third kappa shape index (κ3) is 4.00. The molecule has 0 amide bonds. The number of esters is 1. The molecule has 36 heavy (non-hydrogen) atoms. The van der Waals surface area contributed by atoms with Gasteiger partial charge in [-0.15, -0.1) is 11.3 Å². The molecule has 2 N–H and O–H groups in total. The van der Waals surface area contributed by atoms with Crippen molar-refractivity contribution in [1.82, 2.24) is 0 Å². The van der Waals surface area contributed by atoms with Gasteiger partial charge in [0.25, 0.3) is 0 Å². The van der Waals surface area contributed by atoms with E-state index in [1.54, 1.807) is 42.5 Å². The minimum Gasteiger partial charge on any atom is -0.465 e. The highest BCUT2D eigenvalue weighted by Crippen LogP contribution is 2.40. The van der Waals surface area contributed by atoms with Gasteiger partial charge < -0.3 is 15.4 Å². The molecule has 4 aromatic rings. The number of hydrogen-bond acceptors (Lipinski definition) is 6. The summed E-state index contributed by atoms with van der Waals surface area (Å²) in [6, 6.07) is 21.4. The Kier molecular flexibility index (Phi) is 6.22. The van der Waals surface area contributed by atoms with Crippen molar-refractivity contribution in [2.75, 3.05) is 17.7 Å². The molecule has 0 atom stereocenters. The summed E-state index contributed by atoms with van der Waals surface area (Å²) in [5.41, 5.74) is 3.78. The van der Waals surface area contributed by atoms with Crippen molar-refractivity contribution in [3.63, 3.8) is 0 Å². The summed E-state index contributed by atoms with van der Waals surface area (Å²) >= 11 is 6.94. The summed E-state index contributed by atoms with van der Waals surface area (Å²) in [5.74, 6) is -0.949. The van der Waals surface area contributed by atoms with Crippen molar-refractivity contribution in [3.05, 3.63) is 105 Å². The molecule has 5 rings (SSSR count). The maximum atomic E-state index is 13.3. The van der Waals surface area contributed by atoms with Crippen LogP contribution in [0, 0.1) is 6.92 Å². The van der Waals surface area contributed by atoms with Gasteiger partial charge in [0.2, 0.25) is 0 Å². The van der Waals surface area contributed by atoms with Crippen molar-refractivity contribution in [1.29, 1.82) is 0 Å². The number of anilines is 2. The first-order chi connectivity index (χ1) is 17.4. The van der Waals surface area contributed by atoms with Crippen LogP contribution in [0.15, 0.2) is 72.8 Å². The highest BCUT2D eigenvalue weighted by molar-refractivity contribution is 7.80. The lowest BCUT2D eigenvalue weighted by Gasteiger charge is -2.21. The van der Waals surface area contributed by atoms with Crippen molar-refractivity contribution in [2.24, 2.45) is 0 Å². The lowest BCUT2D eigenvalue weighted by atomic mass is 9.83. The predicted molar refractivity (Wildman–Crippen MR) is 145 cm³/mol. The summed E-state index contributed by atoms with van der Waals surface area (Å²) in [6.07, 6.45) is 0. The van der Waals surface area contributed by atoms with E-state index >= 15 is 0 Å². The molecule has 0 fully saturated rings. The van der Waals surface area contributed by atoms with Crippen LogP contribution in [0.1, 0.15) is 47.1 Å². The van der Waals surface area contributed by atoms with Crippen molar-refractivity contribution in [3.8, 4) is 11.1 Å². The molecular formula is C28H20N2O4S2. The lowest BCUT2D eigenvalue weighted by Crippen LogP contribution is -2.25. The van der Waals surface area contributed by atoms with E-state index in [4.69, 9.17) is 17.0 Å². The third-order valence-electron chi connectivity index (χ3n) is 5.96. The zero-order valence-electron chi connectivity index (χ0n) is 19.4. The Morgan fingerprint density at radius 1 is 0.806 bits per heavy atom. The van der Waals surface area contributed by atoms with Gasteiger partial charge in [-0.2, -0.15) is 0 Å². The molecule has 1 heterocycles. The maximum absolute atomic E-state index is 13.3. The molecule has 6 nitrogen and oxygen atoms in total. The molecule has 1 aliphatic carbocycles. The SMILES string of the molecule is COC(=O)c1c(NC(=S)Nc2cccc3c2C(=O)c2ccccc2C3=O)sc(C)c1-c1ccccc1. The fourth-order valence-electron chi connectivity index (χ4n) is 4.39. The van der Waals surface area contributed by atoms with Crippen LogP contribution in [0.25, 0.3) is 11.1 Å². The molecule has 8 heteroatoms. The molecule has 0 saturated carbocycles. The second-order valence-corrected chi connectivity index (χ2v) is 9.74. The second kappa shape index (κ2) is 9.49. The molecule has 0 unspecified atom stereocenters. The van der Waals surface area contributed by atoms with E-state index in [1.165, 1.54) is 18.4 Å². The largest absolute Gasteiger partial charge is 0.465 e. The number of nitrogens with one attached hydrogen (secondary N) is 2. The second-order valence-electron chi connectivity index (χ2n) is 8.11. The fourth-order valence-corrected chi connectivity index (χ4v) is 5.73. The average molecular weight is 513 g/mol. The Labute approximate surface area is 216 Å². The molecule has 178 valence electrons. The number of methoxy groups -OCH3 is 1. The first-order valence-electron chi connectivity index (χ1n) is 11.1. The number of ketones is 2. The summed E-state index contributed by atoms with van der Waals surface area (Å²) in [5, 5.41) is 6.85. The van der Waals surface area contributed by atoms with Crippen LogP contribution < -0.4 is 10.6 Å². The Morgan fingerprint density at radius 2 is 1.44 bits per heavy atom.